The summed E-state index contributed by atoms with van der Waals surface area (Å²) in [5, 5.41) is 12.9. The van der Waals surface area contributed by atoms with E-state index < -0.39 is 34.7 Å². The molecule has 2 N–H and O–H groups in total. The second-order valence-corrected chi connectivity index (χ2v) is 5.82. The zero-order chi connectivity index (χ0) is 19.3. The molecule has 1 aliphatic heterocycles. The van der Waals surface area contributed by atoms with Crippen LogP contribution in [0.5, 0.6) is 11.5 Å². The maximum Gasteiger partial charge on any atom is 0.356 e. The number of aromatic amines is 1. The minimum absolute atomic E-state index is 0.0943. The molecule has 2 aromatic heterocycles. The minimum atomic E-state index is -1.39. The van der Waals surface area contributed by atoms with Crippen molar-refractivity contribution in [2.75, 3.05) is 13.2 Å². The fourth-order valence-corrected chi connectivity index (χ4v) is 3.12. The summed E-state index contributed by atoms with van der Waals surface area (Å²) in [6.07, 6.45) is 0.158. The average molecular weight is 377 g/mol. The van der Waals surface area contributed by atoms with Crippen LogP contribution in [0.3, 0.4) is 0 Å². The van der Waals surface area contributed by atoms with Crippen LogP contribution in [-0.2, 0) is 6.42 Å². The maximum absolute atomic E-state index is 15.0. The smallest absolute Gasteiger partial charge is 0.356 e. The van der Waals surface area contributed by atoms with Gasteiger partial charge in [-0.15, -0.1) is 0 Å². The number of ether oxygens (including phenoxy) is 2. The molecule has 0 aliphatic carbocycles. The SMILES string of the molecule is CCc1c(C(=O)O)nn2c(F)c(-c3ccc4c(c3F)OCCO4)[nH]c(=O)c12. The van der Waals surface area contributed by atoms with Crippen LogP contribution < -0.4 is 15.0 Å². The van der Waals surface area contributed by atoms with Crippen LogP contribution in [0.2, 0.25) is 0 Å². The number of carboxylic acid groups (broad SMARTS) is 1. The van der Waals surface area contributed by atoms with Crippen LogP contribution in [0.1, 0.15) is 23.0 Å². The molecule has 4 rings (SSSR count). The number of nitrogens with zero attached hydrogens (tertiary/aromatic N) is 2. The first-order valence-electron chi connectivity index (χ1n) is 8.09. The van der Waals surface area contributed by atoms with E-state index >= 15 is 4.39 Å². The van der Waals surface area contributed by atoms with E-state index in [9.17, 15) is 19.1 Å². The number of carboxylic acids is 1. The predicted molar refractivity (Wildman–Crippen MR) is 88.5 cm³/mol. The largest absolute Gasteiger partial charge is 0.486 e. The van der Waals surface area contributed by atoms with Crippen molar-refractivity contribution >= 4 is 11.5 Å². The van der Waals surface area contributed by atoms with Crippen molar-refractivity contribution in [2.45, 2.75) is 13.3 Å². The van der Waals surface area contributed by atoms with E-state index in [1.807, 2.05) is 0 Å². The Morgan fingerprint density at radius 2 is 2.07 bits per heavy atom. The summed E-state index contributed by atoms with van der Waals surface area (Å²) in [6.45, 7) is 2.01. The number of fused-ring (bicyclic) bond motifs is 2. The summed E-state index contributed by atoms with van der Waals surface area (Å²) < 4.78 is 40.9. The molecule has 10 heteroatoms. The number of aromatic carboxylic acids is 1. The van der Waals surface area contributed by atoms with E-state index in [4.69, 9.17) is 9.47 Å². The number of nitrogens with one attached hydrogen (secondary N) is 1. The monoisotopic (exact) mass is 377 g/mol. The first-order valence-corrected chi connectivity index (χ1v) is 8.09. The van der Waals surface area contributed by atoms with Crippen LogP contribution in [0, 0.1) is 11.8 Å². The number of aryl methyl sites for hydroxylation is 1. The Kier molecular flexibility index (Phi) is 3.83. The van der Waals surface area contributed by atoms with E-state index in [1.54, 1.807) is 6.92 Å². The normalized spacial score (nSPS) is 13.1. The number of aromatic nitrogens is 3. The first kappa shape index (κ1) is 17.0. The van der Waals surface area contributed by atoms with E-state index in [0.717, 1.165) is 0 Å². The molecule has 3 heterocycles. The third-order valence-electron chi connectivity index (χ3n) is 4.30. The molecule has 0 saturated carbocycles. The van der Waals surface area contributed by atoms with E-state index in [-0.39, 0.29) is 47.8 Å². The molecule has 1 aliphatic rings. The maximum atomic E-state index is 15.0. The van der Waals surface area contributed by atoms with E-state index in [1.165, 1.54) is 12.1 Å². The van der Waals surface area contributed by atoms with Gasteiger partial charge in [0.25, 0.3) is 5.56 Å². The van der Waals surface area contributed by atoms with Gasteiger partial charge in [-0.1, -0.05) is 6.92 Å². The summed E-state index contributed by atoms with van der Waals surface area (Å²) in [5.41, 5.74) is -2.07. The summed E-state index contributed by atoms with van der Waals surface area (Å²) in [6, 6.07) is 2.64. The average Bonchev–Trinajstić information content (AvgIpc) is 3.06. The Balaban J connectivity index is 2.01. The molecule has 0 spiro atoms. The van der Waals surface area contributed by atoms with Gasteiger partial charge in [0.1, 0.15) is 24.4 Å². The summed E-state index contributed by atoms with van der Waals surface area (Å²) in [5.74, 6) is -3.39. The van der Waals surface area contributed by atoms with Gasteiger partial charge < -0.3 is 19.6 Å². The van der Waals surface area contributed by atoms with Gasteiger partial charge in [-0.2, -0.15) is 14.0 Å². The Labute approximate surface area is 150 Å². The number of benzene rings is 1. The van der Waals surface area contributed by atoms with Crippen molar-refractivity contribution in [3.63, 3.8) is 0 Å². The molecule has 140 valence electrons. The number of hydrogen-bond donors (Lipinski definition) is 2. The highest BCUT2D eigenvalue weighted by molar-refractivity contribution is 5.90. The topological polar surface area (TPSA) is 106 Å². The summed E-state index contributed by atoms with van der Waals surface area (Å²) in [7, 11) is 0. The second-order valence-electron chi connectivity index (χ2n) is 5.82. The fraction of sp³-hybridized carbons (Fsp3) is 0.235. The molecule has 0 bridgehead atoms. The number of carbonyl (C=O) groups is 1. The molecule has 3 aromatic rings. The van der Waals surface area contributed by atoms with Crippen LogP contribution in [-0.4, -0.2) is 38.9 Å². The molecule has 0 fully saturated rings. The highest BCUT2D eigenvalue weighted by atomic mass is 19.1. The van der Waals surface area contributed by atoms with Crippen molar-refractivity contribution < 1.29 is 28.2 Å². The van der Waals surface area contributed by atoms with Crippen LogP contribution in [0.25, 0.3) is 16.8 Å². The molecule has 8 nitrogen and oxygen atoms in total. The lowest BCUT2D eigenvalue weighted by Gasteiger charge is -2.20. The molecule has 0 radical (unpaired) electrons. The van der Waals surface area contributed by atoms with Gasteiger partial charge in [0.2, 0.25) is 5.95 Å². The van der Waals surface area contributed by atoms with Gasteiger partial charge in [-0.05, 0) is 18.6 Å². The fourth-order valence-electron chi connectivity index (χ4n) is 3.12. The van der Waals surface area contributed by atoms with Gasteiger partial charge in [-0.3, -0.25) is 4.79 Å². The van der Waals surface area contributed by atoms with Crippen molar-refractivity contribution in [1.29, 1.82) is 0 Å². The van der Waals surface area contributed by atoms with Gasteiger partial charge in [0.15, 0.2) is 23.0 Å². The summed E-state index contributed by atoms with van der Waals surface area (Å²) in [4.78, 5) is 26.1. The molecule has 0 atom stereocenters. The number of hydrogen-bond acceptors (Lipinski definition) is 5. The third kappa shape index (κ3) is 2.44. The predicted octanol–water partition coefficient (Wildman–Crippen LogP) is 2.00. The van der Waals surface area contributed by atoms with Crippen molar-refractivity contribution in [1.82, 2.24) is 14.6 Å². The van der Waals surface area contributed by atoms with Gasteiger partial charge in [0.05, 0.1) is 0 Å². The highest BCUT2D eigenvalue weighted by Gasteiger charge is 2.27. The zero-order valence-electron chi connectivity index (χ0n) is 14.0. The lowest BCUT2D eigenvalue weighted by atomic mass is 10.1. The highest BCUT2D eigenvalue weighted by Crippen LogP contribution is 2.38. The lowest BCUT2D eigenvalue weighted by Crippen LogP contribution is -2.18. The van der Waals surface area contributed by atoms with Crippen LogP contribution in [0.15, 0.2) is 16.9 Å². The van der Waals surface area contributed by atoms with Gasteiger partial charge >= 0.3 is 5.97 Å². The standard InChI is InChI=1S/C17H13F2N3O5/c1-2-7-12(17(24)25)21-22-13(7)16(23)20-11(15(22)19)8-3-4-9-14(10(8)18)27-6-5-26-9/h3-4H,2,5-6H2,1H3,(H,20,23)(H,24,25). The van der Waals surface area contributed by atoms with Crippen LogP contribution in [0.4, 0.5) is 8.78 Å². The first-order chi connectivity index (χ1) is 12.9. The Morgan fingerprint density at radius 3 is 2.78 bits per heavy atom. The van der Waals surface area contributed by atoms with E-state index in [2.05, 4.69) is 10.1 Å². The molecule has 0 amide bonds. The second kappa shape index (κ2) is 6.08. The van der Waals surface area contributed by atoms with Gasteiger partial charge in [-0.25, -0.2) is 9.18 Å². The Bertz CT molecular complexity index is 1150. The number of rotatable bonds is 3. The zero-order valence-corrected chi connectivity index (χ0v) is 14.0. The van der Waals surface area contributed by atoms with Crippen molar-refractivity contribution in [3.05, 3.63) is 45.5 Å². The van der Waals surface area contributed by atoms with Crippen molar-refractivity contribution in [2.24, 2.45) is 0 Å². The molecular formula is C17H13F2N3O5. The molecular weight excluding hydrogens is 364 g/mol. The number of halogens is 2. The molecule has 0 unspecified atom stereocenters. The third-order valence-corrected chi connectivity index (χ3v) is 4.30. The minimum Gasteiger partial charge on any atom is -0.486 e. The number of H-pyrrole nitrogens is 1. The molecule has 0 saturated heterocycles. The van der Waals surface area contributed by atoms with E-state index in [0.29, 0.717) is 4.52 Å². The lowest BCUT2D eigenvalue weighted by molar-refractivity contribution is 0.0689. The van der Waals surface area contributed by atoms with Gasteiger partial charge in [0, 0.05) is 11.1 Å². The Morgan fingerprint density at radius 1 is 1.33 bits per heavy atom. The van der Waals surface area contributed by atoms with Crippen molar-refractivity contribution in [3.8, 4) is 22.8 Å². The van der Waals surface area contributed by atoms with Crippen LogP contribution >= 0.6 is 0 Å². The Hall–Kier alpha value is -3.43. The molecule has 27 heavy (non-hydrogen) atoms. The molecule has 1 aromatic carbocycles. The summed E-state index contributed by atoms with van der Waals surface area (Å²) >= 11 is 0. The quantitative estimate of drug-likeness (QED) is 0.723.